The third-order valence-electron chi connectivity index (χ3n) is 4.41. The summed E-state index contributed by atoms with van der Waals surface area (Å²) in [4.78, 5) is 23.7. The van der Waals surface area contributed by atoms with E-state index in [-0.39, 0.29) is 12.0 Å². The van der Waals surface area contributed by atoms with E-state index in [1.165, 1.54) is 12.1 Å². The predicted octanol–water partition coefficient (Wildman–Crippen LogP) is 2.88. The maximum atomic E-state index is 13.8. The molecule has 25 heavy (non-hydrogen) atoms. The molecule has 6 heteroatoms. The summed E-state index contributed by atoms with van der Waals surface area (Å²) in [7, 11) is 0. The van der Waals surface area contributed by atoms with Gasteiger partial charge in [-0.25, -0.2) is 13.6 Å². The number of aliphatic carboxylic acids is 1. The van der Waals surface area contributed by atoms with Gasteiger partial charge in [0.2, 0.25) is 5.91 Å². The molecule has 0 aromatic heterocycles. The molecule has 2 aromatic rings. The summed E-state index contributed by atoms with van der Waals surface area (Å²) >= 11 is 0. The van der Waals surface area contributed by atoms with Gasteiger partial charge >= 0.3 is 5.97 Å². The number of hydrogen-bond donors (Lipinski definition) is 2. The number of rotatable bonds is 6. The lowest BCUT2D eigenvalue weighted by Crippen LogP contribution is -2.43. The zero-order valence-corrected chi connectivity index (χ0v) is 13.3. The van der Waals surface area contributed by atoms with Crippen LogP contribution in [-0.2, 0) is 16.0 Å². The van der Waals surface area contributed by atoms with Gasteiger partial charge in [-0.2, -0.15) is 0 Å². The number of halogens is 2. The molecule has 0 bridgehead atoms. The zero-order valence-electron chi connectivity index (χ0n) is 13.3. The minimum Gasteiger partial charge on any atom is -0.480 e. The average molecular weight is 345 g/mol. The van der Waals surface area contributed by atoms with Crippen molar-refractivity contribution in [2.75, 3.05) is 0 Å². The summed E-state index contributed by atoms with van der Waals surface area (Å²) in [5, 5.41) is 11.8. The predicted molar refractivity (Wildman–Crippen MR) is 86.9 cm³/mol. The van der Waals surface area contributed by atoms with Crippen molar-refractivity contribution in [2.24, 2.45) is 5.92 Å². The molecule has 1 amide bonds. The Bertz CT molecular complexity index is 795. The Kier molecular flexibility index (Phi) is 4.79. The van der Waals surface area contributed by atoms with E-state index in [0.29, 0.717) is 6.42 Å². The molecule has 3 atom stereocenters. The largest absolute Gasteiger partial charge is 0.480 e. The third-order valence-corrected chi connectivity index (χ3v) is 4.41. The fourth-order valence-corrected chi connectivity index (χ4v) is 2.96. The molecule has 0 spiro atoms. The maximum absolute atomic E-state index is 13.8. The van der Waals surface area contributed by atoms with E-state index < -0.39 is 41.4 Å². The van der Waals surface area contributed by atoms with Crippen LogP contribution in [-0.4, -0.2) is 23.0 Å². The Morgan fingerprint density at radius 2 is 1.84 bits per heavy atom. The first-order valence-corrected chi connectivity index (χ1v) is 7.98. The van der Waals surface area contributed by atoms with E-state index in [4.69, 9.17) is 0 Å². The van der Waals surface area contributed by atoms with Crippen LogP contribution in [0.2, 0.25) is 0 Å². The van der Waals surface area contributed by atoms with Gasteiger partial charge in [0.15, 0.2) is 11.6 Å². The van der Waals surface area contributed by atoms with Gasteiger partial charge in [-0.05, 0) is 29.5 Å². The minimum atomic E-state index is -1.13. The number of amides is 1. The molecule has 0 saturated heterocycles. The highest BCUT2D eigenvalue weighted by molar-refractivity contribution is 5.87. The molecular formula is C19H17F2NO3. The van der Waals surface area contributed by atoms with E-state index in [9.17, 15) is 23.5 Å². The molecular weight excluding hydrogens is 328 g/mol. The molecule has 1 fully saturated rings. The van der Waals surface area contributed by atoms with Crippen molar-refractivity contribution in [1.29, 1.82) is 0 Å². The topological polar surface area (TPSA) is 66.4 Å². The first-order valence-electron chi connectivity index (χ1n) is 7.98. The number of carboxylic acids is 1. The molecule has 1 saturated carbocycles. The van der Waals surface area contributed by atoms with Gasteiger partial charge in [-0.15, -0.1) is 0 Å². The summed E-state index contributed by atoms with van der Waals surface area (Å²) in [5.74, 6) is -4.42. The van der Waals surface area contributed by atoms with Crippen LogP contribution < -0.4 is 5.32 Å². The highest BCUT2D eigenvalue weighted by atomic mass is 19.2. The number of nitrogens with one attached hydrogen (secondary N) is 1. The number of hydrogen-bond acceptors (Lipinski definition) is 2. The van der Waals surface area contributed by atoms with Crippen LogP contribution in [0.25, 0.3) is 0 Å². The van der Waals surface area contributed by atoms with Gasteiger partial charge in [0, 0.05) is 12.3 Å². The van der Waals surface area contributed by atoms with Gasteiger partial charge in [0.25, 0.3) is 0 Å². The van der Waals surface area contributed by atoms with Gasteiger partial charge in [0.05, 0.1) is 0 Å². The summed E-state index contributed by atoms with van der Waals surface area (Å²) in [6.07, 6.45) is 0.539. The molecule has 1 aliphatic rings. The number of carbonyl (C=O) groups is 2. The molecule has 1 aliphatic carbocycles. The lowest BCUT2D eigenvalue weighted by atomic mass is 10.0. The lowest BCUT2D eigenvalue weighted by Gasteiger charge is -2.15. The van der Waals surface area contributed by atoms with Crippen molar-refractivity contribution in [1.82, 2.24) is 5.32 Å². The van der Waals surface area contributed by atoms with E-state index in [1.54, 1.807) is 24.3 Å². The van der Waals surface area contributed by atoms with Crippen LogP contribution in [0.15, 0.2) is 48.5 Å². The Hall–Kier alpha value is -2.76. The van der Waals surface area contributed by atoms with Crippen molar-refractivity contribution in [3.8, 4) is 0 Å². The van der Waals surface area contributed by atoms with Crippen molar-refractivity contribution in [2.45, 2.75) is 24.8 Å². The Morgan fingerprint density at radius 3 is 2.52 bits per heavy atom. The molecule has 0 radical (unpaired) electrons. The number of benzene rings is 2. The average Bonchev–Trinajstić information content (AvgIpc) is 3.38. The van der Waals surface area contributed by atoms with Crippen molar-refractivity contribution < 1.29 is 23.5 Å². The third kappa shape index (κ3) is 3.84. The lowest BCUT2D eigenvalue weighted by molar-refractivity contribution is -0.142. The number of carboxylic acid groups (broad SMARTS) is 1. The van der Waals surface area contributed by atoms with Gasteiger partial charge in [-0.3, -0.25) is 4.79 Å². The van der Waals surface area contributed by atoms with E-state index >= 15 is 0 Å². The fraction of sp³-hybridized carbons (Fsp3) is 0.263. The smallest absolute Gasteiger partial charge is 0.326 e. The molecule has 0 aliphatic heterocycles. The molecule has 2 aromatic carbocycles. The molecule has 2 N–H and O–H groups in total. The van der Waals surface area contributed by atoms with Crippen LogP contribution in [0.4, 0.5) is 8.78 Å². The highest BCUT2D eigenvalue weighted by Gasteiger charge is 2.46. The van der Waals surface area contributed by atoms with Crippen LogP contribution in [0.1, 0.15) is 23.5 Å². The Morgan fingerprint density at radius 1 is 1.12 bits per heavy atom. The monoisotopic (exact) mass is 345 g/mol. The molecule has 4 nitrogen and oxygen atoms in total. The molecule has 3 unspecified atom stereocenters. The minimum absolute atomic E-state index is 0.160. The Labute approximate surface area is 143 Å². The molecule has 0 heterocycles. The molecule has 130 valence electrons. The van der Waals surface area contributed by atoms with E-state index in [1.807, 2.05) is 6.07 Å². The van der Waals surface area contributed by atoms with Crippen molar-refractivity contribution in [3.63, 3.8) is 0 Å². The number of carbonyl (C=O) groups excluding carboxylic acids is 1. The molecule has 3 rings (SSSR count). The quantitative estimate of drug-likeness (QED) is 0.846. The van der Waals surface area contributed by atoms with Gasteiger partial charge < -0.3 is 10.4 Å². The van der Waals surface area contributed by atoms with Gasteiger partial charge in [0.1, 0.15) is 6.04 Å². The van der Waals surface area contributed by atoms with Crippen LogP contribution >= 0.6 is 0 Å². The van der Waals surface area contributed by atoms with Crippen molar-refractivity contribution >= 4 is 11.9 Å². The summed E-state index contributed by atoms with van der Waals surface area (Å²) in [6.45, 7) is 0. The van der Waals surface area contributed by atoms with Crippen LogP contribution in [0.3, 0.4) is 0 Å². The van der Waals surface area contributed by atoms with E-state index in [0.717, 1.165) is 11.6 Å². The fourth-order valence-electron chi connectivity index (χ4n) is 2.96. The normalized spacial score (nSPS) is 19.9. The standard InChI is InChI=1S/C19H17F2NO3/c20-15-8-4-7-12(17(15)21)13-10-14(13)18(23)22-16(19(24)25)9-11-5-2-1-3-6-11/h1-8,13-14,16H,9-10H2,(H,22,23)(H,24,25). The second-order valence-corrected chi connectivity index (χ2v) is 6.18. The van der Waals surface area contributed by atoms with Crippen LogP contribution in [0.5, 0.6) is 0 Å². The first-order chi connectivity index (χ1) is 12.0. The maximum Gasteiger partial charge on any atom is 0.326 e. The van der Waals surface area contributed by atoms with Crippen LogP contribution in [0, 0.1) is 17.6 Å². The second kappa shape index (κ2) is 7.01. The van der Waals surface area contributed by atoms with Gasteiger partial charge in [-0.1, -0.05) is 42.5 Å². The Balaban J connectivity index is 1.65. The summed E-state index contributed by atoms with van der Waals surface area (Å²) in [5.41, 5.74) is 0.953. The van der Waals surface area contributed by atoms with Crippen molar-refractivity contribution in [3.05, 3.63) is 71.3 Å². The second-order valence-electron chi connectivity index (χ2n) is 6.18. The summed E-state index contributed by atoms with van der Waals surface area (Å²) in [6, 6.07) is 11.8. The zero-order chi connectivity index (χ0) is 18.0. The SMILES string of the molecule is O=C(O)C(Cc1ccccc1)NC(=O)C1CC1c1cccc(F)c1F. The van der Waals surface area contributed by atoms with E-state index in [2.05, 4.69) is 5.32 Å². The first kappa shape index (κ1) is 17.1. The highest BCUT2D eigenvalue weighted by Crippen LogP contribution is 2.48. The summed E-state index contributed by atoms with van der Waals surface area (Å²) < 4.78 is 27.1.